The van der Waals surface area contributed by atoms with E-state index in [1.54, 1.807) is 13.1 Å². The van der Waals surface area contributed by atoms with Crippen molar-refractivity contribution in [3.05, 3.63) is 54.1 Å². The Bertz CT molecular complexity index is 1590. The van der Waals surface area contributed by atoms with Crippen LogP contribution in [0, 0.1) is 17.8 Å². The van der Waals surface area contributed by atoms with Gasteiger partial charge in [-0.3, -0.25) is 0 Å². The number of aliphatic hydroxyl groups excluding tert-OH is 1. The van der Waals surface area contributed by atoms with Gasteiger partial charge < -0.3 is 34.4 Å². The summed E-state index contributed by atoms with van der Waals surface area (Å²) in [5.41, 5.74) is 1.74. The average molecular weight is 658 g/mol. The van der Waals surface area contributed by atoms with Crippen LogP contribution in [0.3, 0.4) is 0 Å². The molecule has 2 aliphatic heterocycles. The standard InChI is InChI=1S/C32H43N5O8S/c1-19(2)11-12-37(36-46(40,41)23-9-10-27-25(16-23)34-31(33-3)44-27)17-26(38)24(13-20-7-5-4-6-8-20)35-32(39)45-29-22-14-21-15-28(29)43-30(21)42-18-22/h4-10,16,19,21-22,24,26,28-30,36,38H,11-15,17-18H2,1-3H3,(H,33,34)(H,35,39)/t21?,22?,24-,26+,28?,29?,30?/m0/s1. The van der Waals surface area contributed by atoms with Crippen LogP contribution in [0.5, 0.6) is 0 Å². The first kappa shape index (κ1) is 32.7. The van der Waals surface area contributed by atoms with Gasteiger partial charge in [0, 0.05) is 32.0 Å². The van der Waals surface area contributed by atoms with Gasteiger partial charge in [-0.1, -0.05) is 44.2 Å². The lowest BCUT2D eigenvalue weighted by atomic mass is 9.78. The second kappa shape index (κ2) is 13.8. The Hall–Kier alpha value is -3.27. The van der Waals surface area contributed by atoms with Crippen LogP contribution in [0.2, 0.25) is 0 Å². The van der Waals surface area contributed by atoms with E-state index in [2.05, 4.69) is 20.4 Å². The number of nitrogens with zero attached hydrogens (tertiary/aromatic N) is 2. The highest BCUT2D eigenvalue weighted by molar-refractivity contribution is 7.89. The van der Waals surface area contributed by atoms with Crippen molar-refractivity contribution in [1.29, 1.82) is 0 Å². The minimum Gasteiger partial charge on any atom is -0.443 e. The Labute approximate surface area is 269 Å². The van der Waals surface area contributed by atoms with Gasteiger partial charge in [0.2, 0.25) is 0 Å². The summed E-state index contributed by atoms with van der Waals surface area (Å²) in [6.07, 6.45) is -0.0257. The van der Waals surface area contributed by atoms with Crippen molar-refractivity contribution < 1.29 is 36.9 Å². The summed E-state index contributed by atoms with van der Waals surface area (Å²) in [6, 6.07) is 13.4. The SMILES string of the molecule is CNc1nc2cc(S(=O)(=O)NN(CCC(C)C)C[C@@H](O)[C@H](Cc3ccccc3)NC(=O)OC3C4COC5OC3CC5C4)ccc2o1. The Morgan fingerprint density at radius 2 is 1.96 bits per heavy atom. The van der Waals surface area contributed by atoms with Crippen molar-refractivity contribution >= 4 is 33.2 Å². The fourth-order valence-corrected chi connectivity index (χ4v) is 7.65. The Morgan fingerprint density at radius 3 is 2.72 bits per heavy atom. The molecule has 0 radical (unpaired) electrons. The zero-order valence-corrected chi connectivity index (χ0v) is 27.1. The highest BCUT2D eigenvalue weighted by Crippen LogP contribution is 2.46. The van der Waals surface area contributed by atoms with Gasteiger partial charge in [-0.05, 0) is 55.4 Å². The molecule has 5 unspecified atom stereocenters. The lowest BCUT2D eigenvalue weighted by molar-refractivity contribution is -0.153. The summed E-state index contributed by atoms with van der Waals surface area (Å²) in [5, 5.41) is 18.8. The van der Waals surface area contributed by atoms with Gasteiger partial charge in [0.25, 0.3) is 16.0 Å². The number of anilines is 1. The maximum absolute atomic E-state index is 13.6. The van der Waals surface area contributed by atoms with Crippen LogP contribution >= 0.6 is 0 Å². The number of aliphatic hydroxyl groups is 1. The first-order valence-corrected chi connectivity index (χ1v) is 17.4. The number of hydrogen-bond acceptors (Lipinski definition) is 11. The number of fused-ring (bicyclic) bond motifs is 3. The van der Waals surface area contributed by atoms with Crippen LogP contribution in [-0.4, -0.2) is 87.0 Å². The van der Waals surface area contributed by atoms with Crippen LogP contribution in [0.1, 0.15) is 38.7 Å². The molecule has 3 heterocycles. The van der Waals surface area contributed by atoms with E-state index < -0.39 is 34.4 Å². The number of ether oxygens (including phenoxy) is 3. The number of carbonyl (C=O) groups is 1. The molecular formula is C32H43N5O8S. The smallest absolute Gasteiger partial charge is 0.407 e. The third-order valence-corrected chi connectivity index (χ3v) is 10.3. The fraction of sp³-hybridized carbons (Fsp3) is 0.562. The van der Waals surface area contributed by atoms with Crippen molar-refractivity contribution in [2.75, 3.05) is 32.1 Å². The molecule has 1 aromatic heterocycles. The number of sulfonamides is 1. The van der Waals surface area contributed by atoms with E-state index in [4.69, 9.17) is 18.6 Å². The van der Waals surface area contributed by atoms with Gasteiger partial charge in [0.1, 0.15) is 11.6 Å². The van der Waals surface area contributed by atoms with Crippen LogP contribution in [-0.2, 0) is 30.7 Å². The quantitative estimate of drug-likeness (QED) is 0.188. The zero-order chi connectivity index (χ0) is 32.4. The lowest BCUT2D eigenvalue weighted by Gasteiger charge is -2.37. The van der Waals surface area contributed by atoms with E-state index in [0.717, 1.165) is 18.4 Å². The molecule has 0 spiro atoms. The lowest BCUT2D eigenvalue weighted by Crippen LogP contribution is -2.54. The number of hydrazine groups is 1. The number of aromatic nitrogens is 1. The third kappa shape index (κ3) is 7.48. The molecule has 3 aromatic rings. The number of benzene rings is 2. The molecule has 6 rings (SSSR count). The van der Waals surface area contributed by atoms with E-state index in [-0.39, 0.29) is 41.7 Å². The summed E-state index contributed by atoms with van der Waals surface area (Å²) < 4.78 is 50.4. The molecule has 2 aromatic carbocycles. The predicted octanol–water partition coefficient (Wildman–Crippen LogP) is 3.26. The summed E-state index contributed by atoms with van der Waals surface area (Å²) >= 11 is 0. The molecule has 14 heteroatoms. The second-order valence-electron chi connectivity index (χ2n) is 12.9. The molecular weight excluding hydrogens is 614 g/mol. The summed E-state index contributed by atoms with van der Waals surface area (Å²) in [7, 11) is -2.39. The molecule has 7 atom stereocenters. The van der Waals surface area contributed by atoms with Crippen LogP contribution in [0.4, 0.5) is 10.8 Å². The molecule has 1 aliphatic carbocycles. The topological polar surface area (TPSA) is 164 Å². The molecule has 13 nitrogen and oxygen atoms in total. The number of oxazole rings is 1. The van der Waals surface area contributed by atoms with Gasteiger partial charge in [-0.2, -0.15) is 4.98 Å². The molecule has 3 aliphatic rings. The largest absolute Gasteiger partial charge is 0.443 e. The molecule has 2 saturated heterocycles. The number of carbonyl (C=O) groups excluding carboxylic acids is 1. The van der Waals surface area contributed by atoms with Crippen molar-refractivity contribution in [1.82, 2.24) is 20.1 Å². The van der Waals surface area contributed by atoms with Gasteiger partial charge in [-0.25, -0.2) is 18.2 Å². The van der Waals surface area contributed by atoms with Gasteiger partial charge in [0.15, 0.2) is 11.9 Å². The van der Waals surface area contributed by atoms with E-state index in [1.165, 1.54) is 17.1 Å². The molecule has 46 heavy (non-hydrogen) atoms. The number of alkyl carbamates (subject to hydrolysis) is 1. The third-order valence-electron chi connectivity index (χ3n) is 8.97. The van der Waals surface area contributed by atoms with E-state index in [1.807, 2.05) is 44.2 Å². The molecule has 3 fully saturated rings. The van der Waals surface area contributed by atoms with Crippen LogP contribution in [0.25, 0.3) is 11.1 Å². The monoisotopic (exact) mass is 657 g/mol. The van der Waals surface area contributed by atoms with E-state index in [9.17, 15) is 18.3 Å². The van der Waals surface area contributed by atoms with Crippen molar-refractivity contribution in [2.45, 2.75) is 75.1 Å². The highest BCUT2D eigenvalue weighted by atomic mass is 32.2. The molecule has 250 valence electrons. The minimum absolute atomic E-state index is 0.00418. The van der Waals surface area contributed by atoms with Gasteiger partial charge in [0.05, 0.1) is 29.8 Å². The summed E-state index contributed by atoms with van der Waals surface area (Å²) in [4.78, 5) is 20.2. The Kier molecular flexibility index (Phi) is 9.83. The number of hydrogen-bond donors (Lipinski definition) is 4. The maximum atomic E-state index is 13.6. The first-order chi connectivity index (χ1) is 22.1. The zero-order valence-electron chi connectivity index (χ0n) is 26.3. The maximum Gasteiger partial charge on any atom is 0.407 e. The number of amides is 1. The van der Waals surface area contributed by atoms with Crippen molar-refractivity contribution in [3.8, 4) is 0 Å². The fourth-order valence-electron chi connectivity index (χ4n) is 6.53. The summed E-state index contributed by atoms with van der Waals surface area (Å²) in [6.45, 7) is 4.80. The predicted molar refractivity (Wildman–Crippen MR) is 169 cm³/mol. The molecule has 4 N–H and O–H groups in total. The normalized spacial score (nSPS) is 25.2. The Balaban J connectivity index is 1.17. The minimum atomic E-state index is -4.05. The van der Waals surface area contributed by atoms with Crippen LogP contribution in [0.15, 0.2) is 57.8 Å². The second-order valence-corrected chi connectivity index (χ2v) is 14.5. The Morgan fingerprint density at radius 1 is 1.15 bits per heavy atom. The van der Waals surface area contributed by atoms with Crippen molar-refractivity contribution in [3.63, 3.8) is 0 Å². The highest BCUT2D eigenvalue weighted by Gasteiger charge is 2.53. The van der Waals surface area contributed by atoms with E-state index in [0.29, 0.717) is 43.0 Å². The number of nitrogens with one attached hydrogen (secondary N) is 3. The molecule has 1 saturated carbocycles. The first-order valence-electron chi connectivity index (χ1n) is 15.9. The molecule has 1 amide bonds. The number of rotatable bonds is 14. The molecule has 3 bridgehead atoms. The van der Waals surface area contributed by atoms with Gasteiger partial charge in [-0.15, -0.1) is 4.83 Å². The van der Waals surface area contributed by atoms with Crippen LogP contribution < -0.4 is 15.5 Å². The average Bonchev–Trinajstić information content (AvgIpc) is 3.58. The summed E-state index contributed by atoms with van der Waals surface area (Å²) in [5.74, 6) is 0.674. The van der Waals surface area contributed by atoms with Gasteiger partial charge >= 0.3 is 6.09 Å². The van der Waals surface area contributed by atoms with E-state index >= 15 is 0 Å². The van der Waals surface area contributed by atoms with Crippen molar-refractivity contribution in [2.24, 2.45) is 17.8 Å².